The molecule has 0 radical (unpaired) electrons. The Labute approximate surface area is 378 Å². The van der Waals surface area contributed by atoms with Crippen molar-refractivity contribution in [1.29, 1.82) is 0 Å². The van der Waals surface area contributed by atoms with Gasteiger partial charge in [-0.15, -0.1) is 6.42 Å². The topological polar surface area (TPSA) is 65.0 Å². The van der Waals surface area contributed by atoms with Crippen molar-refractivity contribution in [2.45, 2.75) is 85.0 Å². The van der Waals surface area contributed by atoms with Crippen LogP contribution >= 0.6 is 0 Å². The number of hydrogen-bond donors (Lipinski definition) is 0. The number of benzene rings is 4. The SMILES string of the molecule is C#Cc1c(F)ccc2cccc(-c3ccc4c(N5CCCC(C)C5)nc(OCC5(CN6CCC(CN7CCC(c8ccc(C)c(N(C)C(=O)C(C)C)c8)CC7)CC6)CC5)nc4c3F)c12. The smallest absolute Gasteiger partial charge is 0.319 e. The van der Waals surface area contributed by atoms with Crippen LogP contribution in [0.2, 0.25) is 0 Å². The molecule has 0 bridgehead atoms. The molecular weight excluding hydrogens is 803 g/mol. The number of ether oxygens (including phenoxy) is 1. The molecule has 9 rings (SSSR count). The summed E-state index contributed by atoms with van der Waals surface area (Å²) in [5.41, 5.74) is 4.74. The number of anilines is 2. The molecule has 8 nitrogen and oxygen atoms in total. The number of aryl methyl sites for hydroxylation is 1. The monoisotopic (exact) mass is 867 g/mol. The molecule has 0 spiro atoms. The van der Waals surface area contributed by atoms with Crippen LogP contribution in [0.15, 0.2) is 60.7 Å². The number of carbonyl (C=O) groups excluding carboxylic acids is 1. The largest absolute Gasteiger partial charge is 0.463 e. The van der Waals surface area contributed by atoms with Gasteiger partial charge >= 0.3 is 6.01 Å². The number of rotatable bonds is 12. The molecule has 1 amide bonds. The highest BCUT2D eigenvalue weighted by molar-refractivity contribution is 6.03. The molecule has 0 N–H and O–H groups in total. The Morgan fingerprint density at radius 2 is 1.70 bits per heavy atom. The summed E-state index contributed by atoms with van der Waals surface area (Å²) in [4.78, 5) is 32.0. The van der Waals surface area contributed by atoms with Crippen LogP contribution in [0.1, 0.15) is 94.7 Å². The Morgan fingerprint density at radius 3 is 2.42 bits per heavy atom. The maximum Gasteiger partial charge on any atom is 0.319 e. The van der Waals surface area contributed by atoms with Gasteiger partial charge in [0.2, 0.25) is 5.91 Å². The molecule has 1 saturated carbocycles. The molecule has 1 unspecified atom stereocenters. The zero-order valence-electron chi connectivity index (χ0n) is 38.4. The van der Waals surface area contributed by atoms with Crippen molar-refractivity contribution in [3.63, 3.8) is 0 Å². The second-order valence-electron chi connectivity index (χ2n) is 20.0. The van der Waals surface area contributed by atoms with Gasteiger partial charge in [0.25, 0.3) is 0 Å². The van der Waals surface area contributed by atoms with Crippen LogP contribution in [-0.2, 0) is 4.79 Å². The van der Waals surface area contributed by atoms with Gasteiger partial charge in [0.05, 0.1) is 12.2 Å². The molecule has 1 aliphatic carbocycles. The number of hydrogen-bond acceptors (Lipinski definition) is 7. The highest BCUT2D eigenvalue weighted by atomic mass is 19.1. The van der Waals surface area contributed by atoms with E-state index in [1.165, 1.54) is 24.5 Å². The number of amides is 1. The van der Waals surface area contributed by atoms with Gasteiger partial charge in [0.15, 0.2) is 5.82 Å². The number of carbonyl (C=O) groups is 1. The molecule has 1 atom stereocenters. The molecule has 3 aliphatic heterocycles. The molecule has 10 heteroatoms. The van der Waals surface area contributed by atoms with E-state index in [0.717, 1.165) is 108 Å². The molecule has 1 aromatic heterocycles. The first-order valence-electron chi connectivity index (χ1n) is 23.8. The fraction of sp³-hybridized carbons (Fsp3) is 0.500. The lowest BCUT2D eigenvalue weighted by Crippen LogP contribution is -2.43. The van der Waals surface area contributed by atoms with E-state index >= 15 is 4.39 Å². The summed E-state index contributed by atoms with van der Waals surface area (Å²) in [6.07, 6.45) is 14.9. The van der Waals surface area contributed by atoms with Crippen molar-refractivity contribution in [1.82, 2.24) is 19.8 Å². The number of piperidine rings is 3. The van der Waals surface area contributed by atoms with Crippen LogP contribution < -0.4 is 14.5 Å². The van der Waals surface area contributed by atoms with Crippen molar-refractivity contribution >= 4 is 39.1 Å². The predicted molar refractivity (Wildman–Crippen MR) is 255 cm³/mol. The van der Waals surface area contributed by atoms with E-state index in [9.17, 15) is 9.18 Å². The molecular formula is C54H64F2N6O2. The highest BCUT2D eigenvalue weighted by Crippen LogP contribution is 2.47. The normalized spacial score (nSPS) is 19.9. The summed E-state index contributed by atoms with van der Waals surface area (Å²) in [5, 5.41) is 1.90. The van der Waals surface area contributed by atoms with Crippen LogP contribution in [0, 0.1) is 54.1 Å². The Morgan fingerprint density at radius 1 is 0.938 bits per heavy atom. The Kier molecular flexibility index (Phi) is 12.7. The van der Waals surface area contributed by atoms with Crippen molar-refractivity contribution in [3.05, 3.63) is 89.0 Å². The van der Waals surface area contributed by atoms with Crippen molar-refractivity contribution in [3.8, 4) is 29.5 Å². The van der Waals surface area contributed by atoms with Crippen LogP contribution in [0.4, 0.5) is 20.3 Å². The van der Waals surface area contributed by atoms with Crippen LogP contribution in [0.25, 0.3) is 32.8 Å². The zero-order chi connectivity index (χ0) is 44.7. The van der Waals surface area contributed by atoms with Crippen molar-refractivity contribution in [2.75, 3.05) is 75.8 Å². The number of fused-ring (bicyclic) bond motifs is 2. The second-order valence-corrected chi connectivity index (χ2v) is 20.0. The molecule has 3 saturated heterocycles. The maximum atomic E-state index is 17.0. The van der Waals surface area contributed by atoms with E-state index in [2.05, 4.69) is 52.7 Å². The lowest BCUT2D eigenvalue weighted by molar-refractivity contribution is -0.121. The number of likely N-dealkylation sites (tertiary alicyclic amines) is 2. The minimum Gasteiger partial charge on any atom is -0.463 e. The van der Waals surface area contributed by atoms with E-state index in [0.29, 0.717) is 52.1 Å². The first-order chi connectivity index (χ1) is 30.9. The molecule has 5 aromatic rings. The lowest BCUT2D eigenvalue weighted by atomic mass is 9.87. The van der Waals surface area contributed by atoms with Gasteiger partial charge in [-0.2, -0.15) is 9.97 Å². The zero-order valence-corrected chi connectivity index (χ0v) is 38.4. The standard InChI is InChI=1S/C54H64F2N6O2/c1-7-42-46(55)18-15-40-11-8-12-43(48(40)42)44-16-17-45-50(49(44)56)57-53(58-51(45)62-25-9-10-36(4)31-62)64-34-54(23-24-54)33-61-26-19-38(20-27-61)32-60-28-21-39(22-29-60)41-14-13-37(5)47(30-41)59(6)52(63)35(2)3/h1,8,11-18,30,35-36,38-39H,9-10,19-29,31-34H2,2-6H3. The number of aromatic nitrogens is 2. The fourth-order valence-corrected chi connectivity index (χ4v) is 10.8. The van der Waals surface area contributed by atoms with Gasteiger partial charge in [-0.25, -0.2) is 8.78 Å². The lowest BCUT2D eigenvalue weighted by Gasteiger charge is -2.38. The van der Waals surface area contributed by atoms with Crippen molar-refractivity contribution < 1.29 is 18.3 Å². The quantitative estimate of drug-likeness (QED) is 0.116. The summed E-state index contributed by atoms with van der Waals surface area (Å²) >= 11 is 0. The number of halogens is 2. The minimum absolute atomic E-state index is 0.0294. The summed E-state index contributed by atoms with van der Waals surface area (Å²) in [6.45, 7) is 17.0. The molecule has 64 heavy (non-hydrogen) atoms. The number of nitrogens with zero attached hydrogens (tertiary/aromatic N) is 6. The van der Waals surface area contributed by atoms with E-state index in [-0.39, 0.29) is 34.3 Å². The van der Waals surface area contributed by atoms with Gasteiger partial charge in [-0.3, -0.25) is 4.79 Å². The molecule has 4 heterocycles. The summed E-state index contributed by atoms with van der Waals surface area (Å²) in [7, 11) is 1.91. The summed E-state index contributed by atoms with van der Waals surface area (Å²) in [6, 6.07) is 19.1. The molecule has 4 fully saturated rings. The Bertz CT molecular complexity index is 2570. The first-order valence-corrected chi connectivity index (χ1v) is 23.8. The second kappa shape index (κ2) is 18.4. The first kappa shape index (κ1) is 44.1. The van der Waals surface area contributed by atoms with Gasteiger partial charge in [0, 0.05) is 66.6 Å². The van der Waals surface area contributed by atoms with E-state index in [4.69, 9.17) is 21.1 Å². The summed E-state index contributed by atoms with van der Waals surface area (Å²) < 4.78 is 38.6. The molecule has 336 valence electrons. The van der Waals surface area contributed by atoms with E-state index < -0.39 is 11.6 Å². The van der Waals surface area contributed by atoms with Crippen LogP contribution in [-0.4, -0.2) is 91.7 Å². The number of terminal acetylenes is 1. The maximum absolute atomic E-state index is 17.0. The third-order valence-corrected chi connectivity index (χ3v) is 14.9. The van der Waals surface area contributed by atoms with Crippen LogP contribution in [0.3, 0.4) is 0 Å². The molecule has 4 aromatic carbocycles. The van der Waals surface area contributed by atoms with Gasteiger partial charge in [0.1, 0.15) is 17.2 Å². The predicted octanol–water partition coefficient (Wildman–Crippen LogP) is 10.6. The Balaban J connectivity index is 0.840. The third-order valence-electron chi connectivity index (χ3n) is 14.9. The van der Waals surface area contributed by atoms with Gasteiger partial charge < -0.3 is 24.3 Å². The summed E-state index contributed by atoms with van der Waals surface area (Å²) in [5.74, 6) is 4.05. The van der Waals surface area contributed by atoms with Crippen molar-refractivity contribution in [2.24, 2.45) is 23.2 Å². The average molecular weight is 867 g/mol. The Hall–Kier alpha value is -5.11. The average Bonchev–Trinajstić information content (AvgIpc) is 4.08. The van der Waals surface area contributed by atoms with Gasteiger partial charge in [-0.05, 0) is 142 Å². The molecule has 4 aliphatic rings. The van der Waals surface area contributed by atoms with Gasteiger partial charge in [-0.1, -0.05) is 69.2 Å². The van der Waals surface area contributed by atoms with Crippen LogP contribution in [0.5, 0.6) is 6.01 Å². The minimum atomic E-state index is -0.506. The fourth-order valence-electron chi connectivity index (χ4n) is 10.8. The van der Waals surface area contributed by atoms with E-state index in [1.807, 2.05) is 44.0 Å². The highest BCUT2D eigenvalue weighted by Gasteiger charge is 2.45. The van der Waals surface area contributed by atoms with E-state index in [1.54, 1.807) is 18.2 Å². The third kappa shape index (κ3) is 9.08.